The highest BCUT2D eigenvalue weighted by Gasteiger charge is 2.49. The molecule has 1 aromatic carbocycles. The normalized spacial score (nSPS) is 16.0. The van der Waals surface area contributed by atoms with Crippen LogP contribution in [0.4, 0.5) is 5.69 Å². The zero-order chi connectivity index (χ0) is 15.7. The van der Waals surface area contributed by atoms with Gasteiger partial charge in [-0.3, -0.25) is 20.4 Å². The number of carbonyl (C=O) groups is 1. The Bertz CT molecular complexity index is 697. The molecule has 0 atom stereocenters. The number of aromatic nitrogens is 1. The number of likely N-dealkylation sites (N-methyl/N-ethyl adjacent to an activating group) is 2. The van der Waals surface area contributed by atoms with Crippen LogP contribution in [0.5, 0.6) is 0 Å². The SMILES string of the molecule is CNN1C(=O)C(NC)(NC)c2ccc(-c3ccncc3)cc21. The van der Waals surface area contributed by atoms with E-state index >= 15 is 0 Å². The standard InChI is InChI=1S/C16H19N5O/c1-17-16(18-2)13-5-4-12(11-6-8-20-9-7-11)10-14(13)21(19-3)15(16)22/h4-10,17-19H,1-3H3. The second kappa shape index (κ2) is 5.49. The summed E-state index contributed by atoms with van der Waals surface area (Å²) in [6.45, 7) is 0. The summed E-state index contributed by atoms with van der Waals surface area (Å²) in [5.74, 6) is -0.0816. The summed E-state index contributed by atoms with van der Waals surface area (Å²) >= 11 is 0. The molecule has 1 amide bonds. The van der Waals surface area contributed by atoms with Gasteiger partial charge in [0.15, 0.2) is 5.66 Å². The van der Waals surface area contributed by atoms with Crippen LogP contribution in [0.1, 0.15) is 5.56 Å². The lowest BCUT2D eigenvalue weighted by atomic mass is 9.97. The van der Waals surface area contributed by atoms with Crippen molar-refractivity contribution in [3.63, 3.8) is 0 Å². The zero-order valence-corrected chi connectivity index (χ0v) is 12.8. The summed E-state index contributed by atoms with van der Waals surface area (Å²) in [5.41, 5.74) is 5.89. The molecule has 2 heterocycles. The van der Waals surface area contributed by atoms with Crippen LogP contribution >= 0.6 is 0 Å². The number of nitrogens with zero attached hydrogens (tertiary/aromatic N) is 2. The van der Waals surface area contributed by atoms with Gasteiger partial charge >= 0.3 is 0 Å². The monoisotopic (exact) mass is 297 g/mol. The Balaban J connectivity index is 2.17. The largest absolute Gasteiger partial charge is 0.291 e. The quantitative estimate of drug-likeness (QED) is 0.729. The fraction of sp³-hybridized carbons (Fsp3) is 0.250. The van der Waals surface area contributed by atoms with Crippen molar-refractivity contribution in [3.05, 3.63) is 48.3 Å². The van der Waals surface area contributed by atoms with Crippen LogP contribution in [0.3, 0.4) is 0 Å². The minimum atomic E-state index is -0.908. The van der Waals surface area contributed by atoms with Gasteiger partial charge in [0.25, 0.3) is 5.91 Å². The smallest absolute Gasteiger partial charge is 0.281 e. The number of benzene rings is 1. The Morgan fingerprint density at radius 1 is 1.00 bits per heavy atom. The minimum Gasteiger partial charge on any atom is -0.291 e. The molecule has 22 heavy (non-hydrogen) atoms. The van der Waals surface area contributed by atoms with Gasteiger partial charge < -0.3 is 0 Å². The molecular weight excluding hydrogens is 278 g/mol. The summed E-state index contributed by atoms with van der Waals surface area (Å²) in [7, 11) is 5.28. The lowest BCUT2D eigenvalue weighted by Crippen LogP contribution is -2.59. The summed E-state index contributed by atoms with van der Waals surface area (Å²) in [6.07, 6.45) is 3.52. The van der Waals surface area contributed by atoms with Crippen molar-refractivity contribution in [3.8, 4) is 11.1 Å². The Hall–Kier alpha value is -2.28. The maximum atomic E-state index is 12.8. The molecule has 0 spiro atoms. The Morgan fingerprint density at radius 3 is 2.27 bits per heavy atom. The molecule has 0 bridgehead atoms. The molecule has 1 aliphatic heterocycles. The maximum Gasteiger partial charge on any atom is 0.281 e. The van der Waals surface area contributed by atoms with Crippen LogP contribution in [0.15, 0.2) is 42.7 Å². The van der Waals surface area contributed by atoms with Crippen LogP contribution in [0, 0.1) is 0 Å². The Kier molecular flexibility index (Phi) is 3.66. The molecule has 114 valence electrons. The lowest BCUT2D eigenvalue weighted by molar-refractivity contribution is -0.125. The van der Waals surface area contributed by atoms with Gasteiger partial charge in [-0.1, -0.05) is 12.1 Å². The molecule has 1 aliphatic rings. The van der Waals surface area contributed by atoms with Gasteiger partial charge in [-0.05, 0) is 43.4 Å². The van der Waals surface area contributed by atoms with Crippen LogP contribution in [-0.2, 0) is 10.5 Å². The van der Waals surface area contributed by atoms with Crippen LogP contribution in [-0.4, -0.2) is 32.0 Å². The van der Waals surface area contributed by atoms with Crippen molar-refractivity contribution in [1.29, 1.82) is 0 Å². The number of rotatable bonds is 4. The molecular formula is C16H19N5O. The first kappa shape index (κ1) is 14.6. The first-order chi connectivity index (χ1) is 10.7. The van der Waals surface area contributed by atoms with Gasteiger partial charge in [0, 0.05) is 25.0 Å². The number of fused-ring (bicyclic) bond motifs is 1. The number of pyridine rings is 1. The molecule has 1 aromatic heterocycles. The van der Waals surface area contributed by atoms with Crippen molar-refractivity contribution < 1.29 is 4.79 Å². The third kappa shape index (κ3) is 1.93. The van der Waals surface area contributed by atoms with E-state index in [0.717, 1.165) is 22.4 Å². The van der Waals surface area contributed by atoms with E-state index in [2.05, 4.69) is 21.0 Å². The maximum absolute atomic E-state index is 12.8. The average Bonchev–Trinajstić information content (AvgIpc) is 2.82. The molecule has 3 rings (SSSR count). The topological polar surface area (TPSA) is 69.3 Å². The molecule has 0 saturated carbocycles. The molecule has 0 saturated heterocycles. The Morgan fingerprint density at radius 2 is 1.68 bits per heavy atom. The summed E-state index contributed by atoms with van der Waals surface area (Å²) < 4.78 is 0. The van der Waals surface area contributed by atoms with E-state index in [9.17, 15) is 4.79 Å². The molecule has 0 unspecified atom stereocenters. The fourth-order valence-corrected chi connectivity index (χ4v) is 2.98. The third-order valence-corrected chi connectivity index (χ3v) is 4.15. The van der Waals surface area contributed by atoms with Gasteiger partial charge in [-0.2, -0.15) is 0 Å². The molecule has 6 heteroatoms. The Labute approximate surface area is 129 Å². The third-order valence-electron chi connectivity index (χ3n) is 4.15. The number of hydrazine groups is 1. The highest BCUT2D eigenvalue weighted by atomic mass is 16.2. The van der Waals surface area contributed by atoms with Crippen molar-refractivity contribution >= 4 is 11.6 Å². The molecule has 0 fully saturated rings. The van der Waals surface area contributed by atoms with Gasteiger partial charge in [0.1, 0.15) is 0 Å². The van der Waals surface area contributed by atoms with Gasteiger partial charge in [0.2, 0.25) is 0 Å². The van der Waals surface area contributed by atoms with E-state index in [1.165, 1.54) is 0 Å². The molecule has 3 N–H and O–H groups in total. The molecule has 6 nitrogen and oxygen atoms in total. The second-order valence-corrected chi connectivity index (χ2v) is 5.08. The van der Waals surface area contributed by atoms with Crippen LogP contribution < -0.4 is 21.1 Å². The lowest BCUT2D eigenvalue weighted by Gasteiger charge is -2.27. The highest BCUT2D eigenvalue weighted by molar-refractivity contribution is 6.07. The van der Waals surface area contributed by atoms with Crippen molar-refractivity contribution in [1.82, 2.24) is 21.0 Å². The summed E-state index contributed by atoms with van der Waals surface area (Å²) in [4.78, 5) is 16.8. The van der Waals surface area contributed by atoms with Crippen molar-refractivity contribution in [2.45, 2.75) is 5.66 Å². The second-order valence-electron chi connectivity index (χ2n) is 5.08. The first-order valence-electron chi connectivity index (χ1n) is 7.12. The zero-order valence-electron chi connectivity index (χ0n) is 12.8. The number of hydrogen-bond donors (Lipinski definition) is 3. The number of carbonyl (C=O) groups excluding carboxylic acids is 1. The summed E-state index contributed by atoms with van der Waals surface area (Å²) in [6, 6.07) is 9.91. The van der Waals surface area contributed by atoms with E-state index < -0.39 is 5.66 Å². The van der Waals surface area contributed by atoms with Crippen LogP contribution in [0.25, 0.3) is 11.1 Å². The van der Waals surface area contributed by atoms with Crippen LogP contribution in [0.2, 0.25) is 0 Å². The van der Waals surface area contributed by atoms with Crippen molar-refractivity contribution in [2.75, 3.05) is 26.2 Å². The molecule has 0 aliphatic carbocycles. The highest BCUT2D eigenvalue weighted by Crippen LogP contribution is 2.39. The molecule has 2 aromatic rings. The molecule has 0 radical (unpaired) electrons. The van der Waals surface area contributed by atoms with E-state index in [1.54, 1.807) is 38.5 Å². The fourth-order valence-electron chi connectivity index (χ4n) is 2.98. The van der Waals surface area contributed by atoms with Crippen molar-refractivity contribution in [2.24, 2.45) is 0 Å². The number of amides is 1. The van der Waals surface area contributed by atoms with E-state index in [1.807, 2.05) is 30.3 Å². The van der Waals surface area contributed by atoms with Gasteiger partial charge in [0.05, 0.1) is 5.69 Å². The number of nitrogens with one attached hydrogen (secondary N) is 3. The van der Waals surface area contributed by atoms with E-state index in [4.69, 9.17) is 0 Å². The average molecular weight is 297 g/mol. The van der Waals surface area contributed by atoms with Gasteiger partial charge in [-0.25, -0.2) is 10.4 Å². The predicted molar refractivity (Wildman–Crippen MR) is 86.0 cm³/mol. The predicted octanol–water partition coefficient (Wildman–Crippen LogP) is 0.821. The first-order valence-corrected chi connectivity index (χ1v) is 7.12. The van der Waals surface area contributed by atoms with E-state index in [-0.39, 0.29) is 5.91 Å². The number of hydrogen-bond acceptors (Lipinski definition) is 5. The summed E-state index contributed by atoms with van der Waals surface area (Å²) in [5, 5.41) is 7.77. The van der Waals surface area contributed by atoms with E-state index in [0.29, 0.717) is 0 Å². The van der Waals surface area contributed by atoms with Gasteiger partial charge in [-0.15, -0.1) is 0 Å². The number of anilines is 1. The minimum absolute atomic E-state index is 0.0816.